The molecule has 1 aromatic heterocycles. The molecular weight excluding hydrogens is 551 g/mol. The van der Waals surface area contributed by atoms with Crippen molar-refractivity contribution in [3.05, 3.63) is 124 Å². The number of aromatic nitrogens is 2. The van der Waals surface area contributed by atoms with Crippen LogP contribution >= 0.6 is 7.60 Å². The predicted molar refractivity (Wildman–Crippen MR) is 150 cm³/mol. The Bertz CT molecular complexity index is 1610. The average Bonchev–Trinajstić information content (AvgIpc) is 2.97. The average molecular weight is 579 g/mol. The Balaban J connectivity index is 1.62. The molecule has 4 aromatic rings. The summed E-state index contributed by atoms with van der Waals surface area (Å²) in [6.07, 6.45) is 1.16. The minimum atomic E-state index is -4.31. The van der Waals surface area contributed by atoms with E-state index in [1.165, 1.54) is 7.11 Å². The number of nitrogens with zero attached hydrogens (tertiary/aromatic N) is 1. The third kappa shape index (κ3) is 7.74. The highest BCUT2D eigenvalue weighted by Gasteiger charge is 2.43. The van der Waals surface area contributed by atoms with E-state index in [9.17, 15) is 23.7 Å². The Morgan fingerprint density at radius 3 is 2.02 bits per heavy atom. The van der Waals surface area contributed by atoms with Crippen LogP contribution in [0.2, 0.25) is 0 Å². The number of benzene rings is 3. The van der Waals surface area contributed by atoms with Crippen molar-refractivity contribution in [2.24, 2.45) is 0 Å². The van der Waals surface area contributed by atoms with Gasteiger partial charge in [-0.25, -0.2) is 9.36 Å². The van der Waals surface area contributed by atoms with Gasteiger partial charge < -0.3 is 24.4 Å². The normalized spacial score (nSPS) is 11.6. The fraction of sp³-hybridized carbons (Fsp3) is 0.143. The largest absolute Gasteiger partial charge is 0.496 e. The molecule has 0 bridgehead atoms. The number of carbonyl (C=O) groups is 2. The number of amides is 2. The summed E-state index contributed by atoms with van der Waals surface area (Å²) >= 11 is 0. The van der Waals surface area contributed by atoms with E-state index in [-0.39, 0.29) is 11.5 Å². The molecule has 0 fully saturated rings. The lowest BCUT2D eigenvalue weighted by Gasteiger charge is -2.29. The summed E-state index contributed by atoms with van der Waals surface area (Å²) in [5.41, 5.74) is -1.07. The van der Waals surface area contributed by atoms with Gasteiger partial charge in [0.25, 0.3) is 5.56 Å². The first-order valence-electron chi connectivity index (χ1n) is 12.3. The maximum absolute atomic E-state index is 14.6. The molecule has 0 saturated heterocycles. The highest BCUT2D eigenvalue weighted by Crippen LogP contribution is 2.60. The van der Waals surface area contributed by atoms with E-state index in [0.717, 1.165) is 16.8 Å². The van der Waals surface area contributed by atoms with Crippen molar-refractivity contribution in [3.63, 3.8) is 0 Å². The van der Waals surface area contributed by atoms with Crippen LogP contribution in [-0.2, 0) is 20.7 Å². The fourth-order valence-corrected chi connectivity index (χ4v) is 5.70. The van der Waals surface area contributed by atoms with Crippen molar-refractivity contribution in [1.82, 2.24) is 20.2 Å². The highest BCUT2D eigenvalue weighted by molar-refractivity contribution is 7.55. The van der Waals surface area contributed by atoms with Gasteiger partial charge in [0.2, 0.25) is 11.8 Å². The van der Waals surface area contributed by atoms with E-state index in [2.05, 4.69) is 10.6 Å². The number of carbonyl (C=O) groups excluding carboxylic acids is 2. The number of H-pyrrole nitrogens is 1. The first-order valence-corrected chi connectivity index (χ1v) is 14.0. The number of rotatable bonds is 12. The molecule has 0 aliphatic carbocycles. The molecule has 0 saturated carbocycles. The number of methoxy groups -OCH3 is 1. The molecule has 13 heteroatoms. The standard InChI is InChI=1S/C28H27N4O8P/c1-38-23-15-9-8-14-22(23)27(30-25(34)18-29-26(35)19-32-17-16-24(33)31-28(32)36)41(37,39-20-10-4-2-5-11-20)40-21-12-6-3-7-13-21/h2-17,27H,18-19H2,1H3,(H,29,35)(H,30,34)(H,31,33,36). The van der Waals surface area contributed by atoms with Gasteiger partial charge in [-0.05, 0) is 30.3 Å². The Kier molecular flexibility index (Phi) is 9.39. The molecule has 212 valence electrons. The first-order chi connectivity index (χ1) is 19.8. The first kappa shape index (κ1) is 28.9. The van der Waals surface area contributed by atoms with Crippen LogP contribution in [0.25, 0.3) is 0 Å². The maximum Gasteiger partial charge on any atom is 0.457 e. The fourth-order valence-electron chi connectivity index (χ4n) is 3.76. The lowest BCUT2D eigenvalue weighted by Crippen LogP contribution is -2.41. The summed E-state index contributed by atoms with van der Waals surface area (Å²) in [6.45, 7) is -0.967. The smallest absolute Gasteiger partial charge is 0.457 e. The molecule has 0 radical (unpaired) electrons. The Morgan fingerprint density at radius 2 is 1.44 bits per heavy atom. The molecule has 1 heterocycles. The second kappa shape index (κ2) is 13.3. The Hall–Kier alpha value is -5.09. The predicted octanol–water partition coefficient (Wildman–Crippen LogP) is 2.83. The minimum Gasteiger partial charge on any atom is -0.496 e. The molecule has 0 spiro atoms. The van der Waals surface area contributed by atoms with Crippen LogP contribution in [-0.4, -0.2) is 35.0 Å². The molecule has 0 aliphatic heterocycles. The molecule has 0 aliphatic rings. The summed E-state index contributed by atoms with van der Waals surface area (Å²) < 4.78 is 33.0. The zero-order valence-corrected chi connectivity index (χ0v) is 22.8. The van der Waals surface area contributed by atoms with Crippen LogP contribution in [0.5, 0.6) is 17.2 Å². The van der Waals surface area contributed by atoms with Crippen molar-refractivity contribution in [2.45, 2.75) is 12.3 Å². The Morgan fingerprint density at radius 1 is 0.854 bits per heavy atom. The van der Waals surface area contributed by atoms with Gasteiger partial charge in [0.05, 0.1) is 13.7 Å². The van der Waals surface area contributed by atoms with E-state index < -0.39 is 49.5 Å². The van der Waals surface area contributed by atoms with E-state index in [4.69, 9.17) is 13.8 Å². The van der Waals surface area contributed by atoms with Crippen molar-refractivity contribution < 1.29 is 27.9 Å². The molecule has 1 unspecified atom stereocenters. The Labute approximate surface area is 234 Å². The van der Waals surface area contributed by atoms with Gasteiger partial charge in [-0.15, -0.1) is 0 Å². The van der Waals surface area contributed by atoms with E-state index >= 15 is 0 Å². The zero-order chi connectivity index (χ0) is 29.2. The van der Waals surface area contributed by atoms with Crippen LogP contribution in [0, 0.1) is 0 Å². The lowest BCUT2D eigenvalue weighted by molar-refractivity contribution is -0.126. The third-order valence-corrected chi connectivity index (χ3v) is 7.63. The molecule has 12 nitrogen and oxygen atoms in total. The molecule has 4 rings (SSSR count). The summed E-state index contributed by atoms with van der Waals surface area (Å²) in [5, 5.41) is 5.07. The zero-order valence-electron chi connectivity index (χ0n) is 21.9. The summed E-state index contributed by atoms with van der Waals surface area (Å²) in [7, 11) is -2.88. The molecular formula is C28H27N4O8P. The van der Waals surface area contributed by atoms with Crippen LogP contribution in [0.4, 0.5) is 0 Å². The topological polar surface area (TPSA) is 158 Å². The van der Waals surface area contributed by atoms with E-state index in [0.29, 0.717) is 11.3 Å². The van der Waals surface area contributed by atoms with Gasteiger partial charge in [-0.1, -0.05) is 54.6 Å². The van der Waals surface area contributed by atoms with Gasteiger partial charge in [0, 0.05) is 17.8 Å². The van der Waals surface area contributed by atoms with Crippen LogP contribution < -0.4 is 35.7 Å². The van der Waals surface area contributed by atoms with Crippen LogP contribution in [0.1, 0.15) is 11.3 Å². The summed E-state index contributed by atoms with van der Waals surface area (Å²) in [5.74, 6) is -1.98. The lowest BCUT2D eigenvalue weighted by atomic mass is 10.2. The highest BCUT2D eigenvalue weighted by atomic mass is 31.2. The molecule has 1 atom stereocenters. The second-order valence-corrected chi connectivity index (χ2v) is 10.5. The van der Waals surface area contributed by atoms with Gasteiger partial charge >= 0.3 is 13.3 Å². The van der Waals surface area contributed by atoms with Crippen molar-refractivity contribution in [1.29, 1.82) is 0 Å². The number of nitrogens with one attached hydrogen (secondary N) is 3. The quantitative estimate of drug-likeness (QED) is 0.217. The van der Waals surface area contributed by atoms with Crippen molar-refractivity contribution in [3.8, 4) is 17.2 Å². The number of hydrogen-bond donors (Lipinski definition) is 3. The third-order valence-electron chi connectivity index (χ3n) is 5.66. The van der Waals surface area contributed by atoms with Gasteiger partial charge in [0.15, 0.2) is 5.78 Å². The van der Waals surface area contributed by atoms with E-state index in [1.54, 1.807) is 84.9 Å². The monoisotopic (exact) mass is 578 g/mol. The van der Waals surface area contributed by atoms with E-state index in [1.807, 2.05) is 4.98 Å². The molecule has 41 heavy (non-hydrogen) atoms. The number of aromatic amines is 1. The maximum atomic E-state index is 14.6. The molecule has 2 amide bonds. The van der Waals surface area contributed by atoms with Gasteiger partial charge in [-0.3, -0.25) is 23.9 Å². The van der Waals surface area contributed by atoms with Gasteiger partial charge in [0.1, 0.15) is 23.8 Å². The summed E-state index contributed by atoms with van der Waals surface area (Å²) in [4.78, 5) is 50.7. The van der Waals surface area contributed by atoms with Crippen LogP contribution in [0.3, 0.4) is 0 Å². The van der Waals surface area contributed by atoms with Crippen molar-refractivity contribution in [2.75, 3.05) is 13.7 Å². The van der Waals surface area contributed by atoms with Crippen LogP contribution in [0.15, 0.2) is 107 Å². The SMILES string of the molecule is COc1ccccc1C(NC(=O)CNC(=O)Cn1ccc(=O)[nH]c1=O)P(=O)(Oc1ccccc1)Oc1ccccc1. The summed E-state index contributed by atoms with van der Waals surface area (Å²) in [6, 6.07) is 24.4. The van der Waals surface area contributed by atoms with Gasteiger partial charge in [-0.2, -0.15) is 0 Å². The second-order valence-electron chi connectivity index (χ2n) is 8.58. The number of para-hydroxylation sites is 3. The molecule has 3 N–H and O–H groups in total. The van der Waals surface area contributed by atoms with Crippen molar-refractivity contribution >= 4 is 19.4 Å². The minimum absolute atomic E-state index is 0.237. The number of ether oxygens (including phenoxy) is 1. The number of hydrogen-bond acceptors (Lipinski definition) is 8. The molecule has 3 aromatic carbocycles.